The molecule has 1 saturated heterocycles. The molecule has 2 aliphatic heterocycles. The molecule has 0 aromatic carbocycles. The van der Waals surface area contributed by atoms with E-state index in [-0.39, 0.29) is 6.10 Å². The SMILES string of the molecule is CC(C)N1CCCC(c2nc3n(n2)CCC(O)C3)C1. The third kappa shape index (κ3) is 2.67. The van der Waals surface area contributed by atoms with Gasteiger partial charge in [0.05, 0.1) is 6.10 Å². The summed E-state index contributed by atoms with van der Waals surface area (Å²) >= 11 is 0. The molecule has 5 nitrogen and oxygen atoms in total. The van der Waals surface area contributed by atoms with Gasteiger partial charge in [-0.3, -0.25) is 0 Å². The summed E-state index contributed by atoms with van der Waals surface area (Å²) in [5.41, 5.74) is 0. The van der Waals surface area contributed by atoms with Gasteiger partial charge < -0.3 is 10.0 Å². The van der Waals surface area contributed by atoms with Crippen molar-refractivity contribution >= 4 is 0 Å². The van der Waals surface area contributed by atoms with E-state index in [0.717, 1.165) is 31.2 Å². The van der Waals surface area contributed by atoms with Crippen LogP contribution >= 0.6 is 0 Å². The van der Waals surface area contributed by atoms with Gasteiger partial charge in [-0.1, -0.05) is 0 Å². The number of aryl methyl sites for hydroxylation is 1. The minimum absolute atomic E-state index is 0.233. The summed E-state index contributed by atoms with van der Waals surface area (Å²) in [6, 6.07) is 0.599. The molecule has 1 N–H and O–H groups in total. The van der Waals surface area contributed by atoms with Crippen molar-refractivity contribution in [3.05, 3.63) is 11.6 Å². The first kappa shape index (κ1) is 13.1. The molecule has 2 atom stereocenters. The number of aliphatic hydroxyl groups is 1. The summed E-state index contributed by atoms with van der Waals surface area (Å²) < 4.78 is 2.00. The van der Waals surface area contributed by atoms with Gasteiger partial charge in [-0.05, 0) is 39.7 Å². The van der Waals surface area contributed by atoms with Crippen molar-refractivity contribution in [3.8, 4) is 0 Å². The minimum Gasteiger partial charge on any atom is -0.393 e. The Morgan fingerprint density at radius 3 is 2.89 bits per heavy atom. The highest BCUT2D eigenvalue weighted by Crippen LogP contribution is 2.27. The van der Waals surface area contributed by atoms with Gasteiger partial charge in [0.2, 0.25) is 0 Å². The zero-order chi connectivity index (χ0) is 13.4. The Morgan fingerprint density at radius 2 is 2.11 bits per heavy atom. The third-order valence-corrected chi connectivity index (χ3v) is 4.41. The van der Waals surface area contributed by atoms with Crippen LogP contribution in [0.4, 0.5) is 0 Å². The predicted octanol–water partition coefficient (Wildman–Crippen LogP) is 1.17. The normalized spacial score (nSPS) is 28.6. The summed E-state index contributed by atoms with van der Waals surface area (Å²) in [6.07, 6.45) is 3.65. The van der Waals surface area contributed by atoms with E-state index >= 15 is 0 Å². The van der Waals surface area contributed by atoms with E-state index in [4.69, 9.17) is 0 Å². The summed E-state index contributed by atoms with van der Waals surface area (Å²) in [6.45, 7) is 7.59. The standard InChI is InChI=1S/C14H24N4O/c1-10(2)17-6-3-4-11(9-17)14-15-13-8-12(19)5-7-18(13)16-14/h10-12,19H,3-9H2,1-2H3. The average molecular weight is 264 g/mol. The molecule has 0 saturated carbocycles. The molecule has 0 radical (unpaired) electrons. The Morgan fingerprint density at radius 1 is 1.26 bits per heavy atom. The van der Waals surface area contributed by atoms with Gasteiger partial charge in [0.25, 0.3) is 0 Å². The fourth-order valence-electron chi connectivity index (χ4n) is 3.17. The highest BCUT2D eigenvalue weighted by atomic mass is 16.3. The first-order valence-corrected chi connectivity index (χ1v) is 7.49. The van der Waals surface area contributed by atoms with Crippen LogP contribution < -0.4 is 0 Å². The average Bonchev–Trinajstić information content (AvgIpc) is 2.81. The molecule has 3 rings (SSSR count). The minimum atomic E-state index is -0.233. The molecule has 19 heavy (non-hydrogen) atoms. The lowest BCUT2D eigenvalue weighted by Gasteiger charge is -2.34. The number of piperidine rings is 1. The van der Waals surface area contributed by atoms with Gasteiger partial charge in [0, 0.05) is 31.5 Å². The van der Waals surface area contributed by atoms with E-state index < -0.39 is 0 Å². The lowest BCUT2D eigenvalue weighted by atomic mass is 9.96. The summed E-state index contributed by atoms with van der Waals surface area (Å²) in [5, 5.41) is 14.4. The molecule has 1 fully saturated rings. The van der Waals surface area contributed by atoms with Crippen molar-refractivity contribution < 1.29 is 5.11 Å². The van der Waals surface area contributed by atoms with Crippen LogP contribution in [-0.2, 0) is 13.0 Å². The van der Waals surface area contributed by atoms with Crippen molar-refractivity contribution in [1.29, 1.82) is 0 Å². The Hall–Kier alpha value is -0.940. The topological polar surface area (TPSA) is 54.2 Å². The number of fused-ring (bicyclic) bond motifs is 1. The first-order chi connectivity index (χ1) is 9.13. The highest BCUT2D eigenvalue weighted by molar-refractivity contribution is 5.04. The number of hydrogen-bond donors (Lipinski definition) is 1. The van der Waals surface area contributed by atoms with Crippen LogP contribution in [0.25, 0.3) is 0 Å². The fraction of sp³-hybridized carbons (Fsp3) is 0.857. The van der Waals surface area contributed by atoms with Crippen LogP contribution in [0.5, 0.6) is 0 Å². The number of hydrogen-bond acceptors (Lipinski definition) is 4. The van der Waals surface area contributed by atoms with Gasteiger partial charge in [0.15, 0.2) is 5.82 Å². The van der Waals surface area contributed by atoms with Crippen LogP contribution in [0.1, 0.15) is 50.7 Å². The van der Waals surface area contributed by atoms with Crippen molar-refractivity contribution in [2.24, 2.45) is 0 Å². The highest BCUT2D eigenvalue weighted by Gasteiger charge is 2.28. The molecule has 3 heterocycles. The summed E-state index contributed by atoms with van der Waals surface area (Å²) in [5.74, 6) is 2.43. The monoisotopic (exact) mass is 264 g/mol. The van der Waals surface area contributed by atoms with Crippen LogP contribution in [-0.4, -0.2) is 50.0 Å². The predicted molar refractivity (Wildman–Crippen MR) is 73.0 cm³/mol. The fourth-order valence-corrected chi connectivity index (χ4v) is 3.17. The zero-order valence-corrected chi connectivity index (χ0v) is 11.9. The van der Waals surface area contributed by atoms with E-state index in [9.17, 15) is 5.11 Å². The van der Waals surface area contributed by atoms with Gasteiger partial charge in [-0.25, -0.2) is 9.67 Å². The van der Waals surface area contributed by atoms with Gasteiger partial charge in [-0.15, -0.1) is 0 Å². The number of nitrogens with zero attached hydrogens (tertiary/aromatic N) is 4. The van der Waals surface area contributed by atoms with Gasteiger partial charge in [-0.2, -0.15) is 5.10 Å². The molecule has 106 valence electrons. The Balaban J connectivity index is 1.75. The third-order valence-electron chi connectivity index (χ3n) is 4.41. The zero-order valence-electron chi connectivity index (χ0n) is 11.9. The van der Waals surface area contributed by atoms with Crippen LogP contribution in [0.3, 0.4) is 0 Å². The largest absolute Gasteiger partial charge is 0.393 e. The Labute approximate surface area is 114 Å². The van der Waals surface area contributed by atoms with Crippen LogP contribution in [0.15, 0.2) is 0 Å². The lowest BCUT2D eigenvalue weighted by Crippen LogP contribution is -2.39. The Kier molecular flexibility index (Phi) is 3.58. The Bertz CT molecular complexity index is 443. The van der Waals surface area contributed by atoms with E-state index in [1.165, 1.54) is 19.4 Å². The number of aromatic nitrogens is 3. The second kappa shape index (κ2) is 5.21. The van der Waals surface area contributed by atoms with Crippen LogP contribution in [0.2, 0.25) is 0 Å². The number of aliphatic hydroxyl groups excluding tert-OH is 1. The van der Waals surface area contributed by atoms with Crippen molar-refractivity contribution in [1.82, 2.24) is 19.7 Å². The number of likely N-dealkylation sites (tertiary alicyclic amines) is 1. The molecular weight excluding hydrogens is 240 g/mol. The smallest absolute Gasteiger partial charge is 0.155 e. The van der Waals surface area contributed by atoms with Gasteiger partial charge >= 0.3 is 0 Å². The maximum Gasteiger partial charge on any atom is 0.155 e. The second-order valence-corrected chi connectivity index (χ2v) is 6.18. The molecule has 2 aliphatic rings. The van der Waals surface area contributed by atoms with Crippen LogP contribution in [0, 0.1) is 0 Å². The molecule has 0 aliphatic carbocycles. The second-order valence-electron chi connectivity index (χ2n) is 6.18. The maximum absolute atomic E-state index is 9.70. The lowest BCUT2D eigenvalue weighted by molar-refractivity contribution is 0.138. The van der Waals surface area contributed by atoms with Gasteiger partial charge in [0.1, 0.15) is 5.82 Å². The van der Waals surface area contributed by atoms with Crippen molar-refractivity contribution in [2.45, 2.75) is 64.1 Å². The molecule has 1 aromatic rings. The molecule has 1 aromatic heterocycles. The maximum atomic E-state index is 9.70. The summed E-state index contributed by atoms with van der Waals surface area (Å²) in [4.78, 5) is 7.20. The molecule has 0 amide bonds. The quantitative estimate of drug-likeness (QED) is 0.871. The van der Waals surface area contributed by atoms with E-state index in [1.54, 1.807) is 0 Å². The van der Waals surface area contributed by atoms with E-state index in [2.05, 4.69) is 28.8 Å². The summed E-state index contributed by atoms with van der Waals surface area (Å²) in [7, 11) is 0. The molecule has 5 heteroatoms. The molecule has 0 spiro atoms. The van der Waals surface area contributed by atoms with Crippen molar-refractivity contribution in [3.63, 3.8) is 0 Å². The van der Waals surface area contributed by atoms with E-state index in [1.807, 2.05) is 4.68 Å². The first-order valence-electron chi connectivity index (χ1n) is 7.49. The molecule has 0 bridgehead atoms. The van der Waals surface area contributed by atoms with Crippen molar-refractivity contribution in [2.75, 3.05) is 13.1 Å². The molecular formula is C14H24N4O. The van der Waals surface area contributed by atoms with E-state index in [0.29, 0.717) is 18.4 Å². The number of rotatable bonds is 2. The molecule has 2 unspecified atom stereocenters.